The lowest BCUT2D eigenvalue weighted by Crippen LogP contribution is -2.23. The molecule has 0 aliphatic rings. The lowest BCUT2D eigenvalue weighted by molar-refractivity contribution is 0.0950. The van der Waals surface area contributed by atoms with E-state index >= 15 is 0 Å². The molecule has 0 radical (unpaired) electrons. The maximum atomic E-state index is 12.1. The van der Waals surface area contributed by atoms with Gasteiger partial charge in [-0.05, 0) is 24.6 Å². The Labute approximate surface area is 117 Å². The normalized spacial score (nSPS) is 10.5. The van der Waals surface area contributed by atoms with E-state index in [4.69, 9.17) is 5.73 Å². The van der Waals surface area contributed by atoms with Gasteiger partial charge in [-0.2, -0.15) is 5.10 Å². The molecular formula is C14H18N4O2. The molecule has 0 spiro atoms. The summed E-state index contributed by atoms with van der Waals surface area (Å²) in [5.74, 6) is -0.0989. The van der Waals surface area contributed by atoms with Gasteiger partial charge in [-0.1, -0.05) is 6.92 Å². The van der Waals surface area contributed by atoms with Gasteiger partial charge in [0, 0.05) is 31.0 Å². The molecular weight excluding hydrogens is 256 g/mol. The Balaban J connectivity index is 2.10. The molecule has 0 bridgehead atoms. The van der Waals surface area contributed by atoms with Crippen LogP contribution in [0.2, 0.25) is 0 Å². The van der Waals surface area contributed by atoms with Crippen molar-refractivity contribution >= 4 is 11.6 Å². The van der Waals surface area contributed by atoms with Crippen molar-refractivity contribution in [2.24, 2.45) is 7.05 Å². The van der Waals surface area contributed by atoms with Crippen LogP contribution in [0.25, 0.3) is 0 Å². The van der Waals surface area contributed by atoms with Crippen molar-refractivity contribution in [3.05, 3.63) is 41.2 Å². The average molecular weight is 274 g/mol. The molecule has 20 heavy (non-hydrogen) atoms. The van der Waals surface area contributed by atoms with Gasteiger partial charge in [-0.15, -0.1) is 0 Å². The third-order valence-corrected chi connectivity index (χ3v) is 3.03. The van der Waals surface area contributed by atoms with Crippen LogP contribution in [-0.2, 0) is 20.0 Å². The van der Waals surface area contributed by atoms with Crippen molar-refractivity contribution in [2.75, 3.05) is 5.73 Å². The highest BCUT2D eigenvalue weighted by Gasteiger charge is 2.14. The fraction of sp³-hybridized carbons (Fsp3) is 0.286. The standard InChI is InChI=1S/C14H18N4O2/c1-3-12-11(8-18(2)17-12)14(20)16-7-9-6-10(15)4-5-13(9)19/h4-6,8,19H,3,7,15H2,1-2H3,(H,16,20). The first-order chi connectivity index (χ1) is 9.51. The molecule has 0 aliphatic heterocycles. The summed E-state index contributed by atoms with van der Waals surface area (Å²) in [6.45, 7) is 2.16. The van der Waals surface area contributed by atoms with Crippen molar-refractivity contribution < 1.29 is 9.90 Å². The zero-order valence-corrected chi connectivity index (χ0v) is 11.6. The molecule has 4 N–H and O–H groups in total. The smallest absolute Gasteiger partial charge is 0.255 e. The number of anilines is 1. The van der Waals surface area contributed by atoms with Crippen molar-refractivity contribution in [1.29, 1.82) is 0 Å². The molecule has 2 rings (SSSR count). The molecule has 1 amide bonds. The molecule has 0 saturated heterocycles. The van der Waals surface area contributed by atoms with Crippen LogP contribution in [0, 0.1) is 0 Å². The van der Waals surface area contributed by atoms with Crippen molar-refractivity contribution in [3.63, 3.8) is 0 Å². The molecule has 1 aromatic carbocycles. The van der Waals surface area contributed by atoms with Crippen molar-refractivity contribution in [3.8, 4) is 5.75 Å². The number of nitrogens with zero attached hydrogens (tertiary/aromatic N) is 2. The molecule has 1 heterocycles. The molecule has 0 aliphatic carbocycles. The van der Waals surface area contributed by atoms with Crippen LogP contribution in [0.5, 0.6) is 5.75 Å². The molecule has 106 valence electrons. The second kappa shape index (κ2) is 5.64. The van der Waals surface area contributed by atoms with E-state index in [2.05, 4.69) is 10.4 Å². The molecule has 6 heteroatoms. The number of aromatic hydroxyl groups is 1. The van der Waals surface area contributed by atoms with Gasteiger partial charge < -0.3 is 16.2 Å². The van der Waals surface area contributed by atoms with Crippen LogP contribution in [0.1, 0.15) is 28.5 Å². The van der Waals surface area contributed by atoms with Gasteiger partial charge in [0.05, 0.1) is 11.3 Å². The highest BCUT2D eigenvalue weighted by Crippen LogP contribution is 2.19. The Hall–Kier alpha value is -2.50. The summed E-state index contributed by atoms with van der Waals surface area (Å²) >= 11 is 0. The average Bonchev–Trinajstić information content (AvgIpc) is 2.80. The van der Waals surface area contributed by atoms with Crippen LogP contribution in [0.4, 0.5) is 5.69 Å². The number of nitrogen functional groups attached to an aromatic ring is 1. The fourth-order valence-electron chi connectivity index (χ4n) is 2.00. The van der Waals surface area contributed by atoms with Gasteiger partial charge in [-0.3, -0.25) is 9.48 Å². The van der Waals surface area contributed by atoms with Gasteiger partial charge in [0.25, 0.3) is 5.91 Å². The number of rotatable bonds is 4. The van der Waals surface area contributed by atoms with Crippen LogP contribution in [0.3, 0.4) is 0 Å². The Kier molecular flexibility index (Phi) is 3.93. The number of amides is 1. The Bertz CT molecular complexity index is 634. The monoisotopic (exact) mass is 274 g/mol. The zero-order valence-electron chi connectivity index (χ0n) is 11.6. The van der Waals surface area contributed by atoms with Crippen molar-refractivity contribution in [1.82, 2.24) is 15.1 Å². The molecule has 6 nitrogen and oxygen atoms in total. The van der Waals surface area contributed by atoms with Crippen LogP contribution >= 0.6 is 0 Å². The molecule has 0 atom stereocenters. The summed E-state index contributed by atoms with van der Waals surface area (Å²) in [6, 6.07) is 4.76. The number of hydrogen-bond acceptors (Lipinski definition) is 4. The third-order valence-electron chi connectivity index (χ3n) is 3.03. The van der Waals surface area contributed by atoms with Crippen LogP contribution < -0.4 is 11.1 Å². The predicted octanol–water partition coefficient (Wildman–Crippen LogP) is 1.20. The van der Waals surface area contributed by atoms with E-state index in [-0.39, 0.29) is 18.2 Å². The second-order valence-corrected chi connectivity index (χ2v) is 4.59. The number of aromatic nitrogens is 2. The molecule has 0 saturated carbocycles. The van der Waals surface area contributed by atoms with Gasteiger partial charge >= 0.3 is 0 Å². The Morgan fingerprint density at radius 2 is 2.25 bits per heavy atom. The van der Waals surface area contributed by atoms with Gasteiger partial charge in [0.15, 0.2) is 0 Å². The van der Waals surface area contributed by atoms with Crippen molar-refractivity contribution in [2.45, 2.75) is 19.9 Å². The summed E-state index contributed by atoms with van der Waals surface area (Å²) in [7, 11) is 1.78. The van der Waals surface area contributed by atoms with E-state index in [9.17, 15) is 9.90 Å². The summed E-state index contributed by atoms with van der Waals surface area (Å²) in [6.07, 6.45) is 2.38. The van der Waals surface area contributed by atoms with E-state index in [1.165, 1.54) is 6.07 Å². The molecule has 1 aromatic heterocycles. The van der Waals surface area contributed by atoms with E-state index < -0.39 is 0 Å². The SMILES string of the molecule is CCc1nn(C)cc1C(=O)NCc1cc(N)ccc1O. The number of phenols is 1. The first-order valence-corrected chi connectivity index (χ1v) is 6.39. The number of carbonyl (C=O) groups is 1. The quantitative estimate of drug-likeness (QED) is 0.577. The topological polar surface area (TPSA) is 93.2 Å². The maximum absolute atomic E-state index is 12.1. The van der Waals surface area contributed by atoms with E-state index in [1.807, 2.05) is 6.92 Å². The van der Waals surface area contributed by atoms with Crippen LogP contribution in [-0.4, -0.2) is 20.8 Å². The Morgan fingerprint density at radius 1 is 1.50 bits per heavy atom. The first kappa shape index (κ1) is 13.9. The second-order valence-electron chi connectivity index (χ2n) is 4.59. The highest BCUT2D eigenvalue weighted by molar-refractivity contribution is 5.95. The number of carbonyl (C=O) groups excluding carboxylic acids is 1. The minimum Gasteiger partial charge on any atom is -0.508 e. The number of benzene rings is 1. The maximum Gasteiger partial charge on any atom is 0.255 e. The lowest BCUT2D eigenvalue weighted by Gasteiger charge is -2.07. The first-order valence-electron chi connectivity index (χ1n) is 6.39. The number of nitrogens with one attached hydrogen (secondary N) is 1. The van der Waals surface area contributed by atoms with Gasteiger partial charge in [0.1, 0.15) is 5.75 Å². The number of phenolic OH excluding ortho intramolecular Hbond substituents is 1. The Morgan fingerprint density at radius 3 is 2.95 bits per heavy atom. The lowest BCUT2D eigenvalue weighted by atomic mass is 10.1. The van der Waals surface area contributed by atoms with E-state index in [0.717, 1.165) is 5.69 Å². The van der Waals surface area contributed by atoms with Crippen LogP contribution in [0.15, 0.2) is 24.4 Å². The fourth-order valence-corrected chi connectivity index (χ4v) is 2.00. The van der Waals surface area contributed by atoms with Gasteiger partial charge in [-0.25, -0.2) is 0 Å². The molecule has 0 fully saturated rings. The van der Waals surface area contributed by atoms with E-state index in [1.54, 1.807) is 30.1 Å². The minimum atomic E-state index is -0.211. The van der Waals surface area contributed by atoms with Gasteiger partial charge in [0.2, 0.25) is 0 Å². The third kappa shape index (κ3) is 2.90. The highest BCUT2D eigenvalue weighted by atomic mass is 16.3. The molecule has 2 aromatic rings. The number of aryl methyl sites for hydroxylation is 2. The van der Waals surface area contributed by atoms with E-state index in [0.29, 0.717) is 23.2 Å². The largest absolute Gasteiger partial charge is 0.508 e. The predicted molar refractivity (Wildman–Crippen MR) is 76.3 cm³/mol. The number of nitrogens with two attached hydrogens (primary N) is 1. The minimum absolute atomic E-state index is 0.112. The summed E-state index contributed by atoms with van der Waals surface area (Å²) in [5, 5.41) is 16.7. The summed E-state index contributed by atoms with van der Waals surface area (Å²) in [4.78, 5) is 12.1. The number of hydrogen-bond donors (Lipinski definition) is 3. The molecule has 0 unspecified atom stereocenters. The summed E-state index contributed by atoms with van der Waals surface area (Å²) in [5.41, 5.74) is 8.09. The zero-order chi connectivity index (χ0) is 14.7. The summed E-state index contributed by atoms with van der Waals surface area (Å²) < 4.78 is 1.62.